The highest BCUT2D eigenvalue weighted by Gasteiger charge is 2.44. The molecule has 0 heterocycles. The molecule has 8 heteroatoms. The van der Waals surface area contributed by atoms with E-state index < -0.39 is 27.5 Å². The summed E-state index contributed by atoms with van der Waals surface area (Å²) < 4.78 is 3.14. The molecular formula is C11H18Cl3NO4. The summed E-state index contributed by atoms with van der Waals surface area (Å²) in [7, 11) is 0. The Morgan fingerprint density at radius 2 is 1.74 bits per heavy atom. The van der Waals surface area contributed by atoms with Gasteiger partial charge in [0.1, 0.15) is 6.04 Å². The summed E-state index contributed by atoms with van der Waals surface area (Å²) >= 11 is 17.0. The minimum atomic E-state index is -1.82. The Kier molecular flexibility index (Phi) is 6.72. The molecule has 0 saturated heterocycles. The van der Waals surface area contributed by atoms with Crippen LogP contribution >= 0.6 is 34.8 Å². The number of amides is 1. The second-order valence-electron chi connectivity index (χ2n) is 5.06. The third kappa shape index (κ3) is 6.54. The molecule has 0 aliphatic heterocycles. The second kappa shape index (κ2) is 6.86. The van der Waals surface area contributed by atoms with Gasteiger partial charge >= 0.3 is 12.1 Å². The molecule has 0 aromatic rings. The second-order valence-corrected chi connectivity index (χ2v) is 7.34. The fourth-order valence-corrected chi connectivity index (χ4v) is 1.27. The molecule has 1 atom stereocenters. The number of hydrogen-bond acceptors (Lipinski definition) is 3. The van der Waals surface area contributed by atoms with Crippen molar-refractivity contribution in [2.45, 2.75) is 49.6 Å². The summed E-state index contributed by atoms with van der Waals surface area (Å²) in [5.41, 5.74) is -1.39. The Labute approximate surface area is 127 Å². The van der Waals surface area contributed by atoms with Gasteiger partial charge in [0, 0.05) is 0 Å². The van der Waals surface area contributed by atoms with Crippen LogP contribution in [-0.2, 0) is 9.53 Å². The van der Waals surface area contributed by atoms with Gasteiger partial charge in [-0.15, -0.1) is 0 Å². The Hall–Kier alpha value is -0.390. The number of aliphatic carboxylic acids is 1. The van der Waals surface area contributed by atoms with Crippen LogP contribution in [0.2, 0.25) is 0 Å². The van der Waals surface area contributed by atoms with Crippen LogP contribution in [0.1, 0.15) is 34.1 Å². The summed E-state index contributed by atoms with van der Waals surface area (Å²) in [5.74, 6) is -1.04. The average molecular weight is 335 g/mol. The maximum absolute atomic E-state index is 11.6. The summed E-state index contributed by atoms with van der Waals surface area (Å²) in [4.78, 5) is 22.6. The van der Waals surface area contributed by atoms with Crippen LogP contribution in [0.4, 0.5) is 4.79 Å². The zero-order chi connectivity index (χ0) is 15.4. The number of rotatable bonds is 5. The molecule has 0 radical (unpaired) electrons. The standard InChI is InChI=1S/C11H18Cl3NO4/c1-6(2)5-7(8(16)17)15-9(18)19-10(3,4)11(12,13)14/h6-7H,5H2,1-4H3,(H,15,18)(H,16,17)/t7-/m0/s1. The van der Waals surface area contributed by atoms with E-state index >= 15 is 0 Å². The maximum Gasteiger partial charge on any atom is 0.408 e. The molecule has 1 amide bonds. The van der Waals surface area contributed by atoms with Gasteiger partial charge in [-0.25, -0.2) is 9.59 Å². The molecule has 0 unspecified atom stereocenters. The lowest BCUT2D eigenvalue weighted by Crippen LogP contribution is -2.48. The third-order valence-electron chi connectivity index (χ3n) is 2.33. The first kappa shape index (κ1) is 18.6. The van der Waals surface area contributed by atoms with Gasteiger partial charge in [-0.1, -0.05) is 48.7 Å². The molecule has 0 rings (SSSR count). The van der Waals surface area contributed by atoms with Crippen LogP contribution < -0.4 is 5.32 Å². The molecule has 0 saturated carbocycles. The highest BCUT2D eigenvalue weighted by molar-refractivity contribution is 6.68. The van der Waals surface area contributed by atoms with Gasteiger partial charge in [-0.2, -0.15) is 0 Å². The van der Waals surface area contributed by atoms with E-state index in [1.165, 1.54) is 13.8 Å². The van der Waals surface area contributed by atoms with Gasteiger partial charge in [0.25, 0.3) is 0 Å². The number of hydrogen-bond donors (Lipinski definition) is 2. The summed E-state index contributed by atoms with van der Waals surface area (Å²) in [6.45, 7) is 6.51. The molecule has 0 aliphatic rings. The predicted molar refractivity (Wildman–Crippen MR) is 74.9 cm³/mol. The minimum absolute atomic E-state index is 0.0996. The van der Waals surface area contributed by atoms with E-state index in [9.17, 15) is 9.59 Å². The van der Waals surface area contributed by atoms with Crippen molar-refractivity contribution in [3.63, 3.8) is 0 Å². The Bertz CT molecular complexity index is 339. The first-order valence-electron chi connectivity index (χ1n) is 5.66. The molecule has 5 nitrogen and oxygen atoms in total. The Morgan fingerprint density at radius 3 is 2.05 bits per heavy atom. The molecular weight excluding hydrogens is 316 g/mol. The smallest absolute Gasteiger partial charge is 0.408 e. The summed E-state index contributed by atoms with van der Waals surface area (Å²) in [5, 5.41) is 11.2. The van der Waals surface area contributed by atoms with Gasteiger partial charge in [0.05, 0.1) is 0 Å². The molecule has 0 spiro atoms. The zero-order valence-corrected chi connectivity index (χ0v) is 13.4. The van der Waals surface area contributed by atoms with Crippen molar-refractivity contribution in [1.29, 1.82) is 0 Å². The van der Waals surface area contributed by atoms with Crippen molar-refractivity contribution in [3.8, 4) is 0 Å². The first-order chi connectivity index (χ1) is 8.36. The quantitative estimate of drug-likeness (QED) is 0.756. The normalized spacial score (nSPS) is 14.1. The van der Waals surface area contributed by atoms with Crippen molar-refractivity contribution in [2.75, 3.05) is 0 Å². The van der Waals surface area contributed by atoms with Gasteiger partial charge in [0.2, 0.25) is 3.79 Å². The van der Waals surface area contributed by atoms with Crippen molar-refractivity contribution in [3.05, 3.63) is 0 Å². The fraction of sp³-hybridized carbons (Fsp3) is 0.818. The van der Waals surface area contributed by atoms with E-state index in [0.717, 1.165) is 0 Å². The maximum atomic E-state index is 11.6. The van der Waals surface area contributed by atoms with Crippen LogP contribution in [0.25, 0.3) is 0 Å². The van der Waals surface area contributed by atoms with Gasteiger partial charge in [-0.05, 0) is 26.2 Å². The Morgan fingerprint density at radius 1 is 1.26 bits per heavy atom. The van der Waals surface area contributed by atoms with E-state index in [4.69, 9.17) is 44.6 Å². The van der Waals surface area contributed by atoms with Crippen molar-refractivity contribution >= 4 is 46.9 Å². The van der Waals surface area contributed by atoms with Crippen molar-refractivity contribution in [2.24, 2.45) is 5.92 Å². The lowest BCUT2D eigenvalue weighted by molar-refractivity contribution is -0.139. The average Bonchev–Trinajstić information content (AvgIpc) is 2.12. The molecule has 0 bridgehead atoms. The summed E-state index contributed by atoms with van der Waals surface area (Å²) in [6, 6.07) is -1.04. The molecule has 0 aromatic carbocycles. The van der Waals surface area contributed by atoms with E-state index in [1.54, 1.807) is 0 Å². The molecule has 19 heavy (non-hydrogen) atoms. The third-order valence-corrected chi connectivity index (χ3v) is 3.69. The largest absolute Gasteiger partial charge is 0.480 e. The van der Waals surface area contributed by atoms with Crippen LogP contribution in [-0.4, -0.2) is 32.6 Å². The number of carbonyl (C=O) groups excluding carboxylic acids is 1. The van der Waals surface area contributed by atoms with Gasteiger partial charge < -0.3 is 15.2 Å². The Balaban J connectivity index is 4.64. The number of nitrogens with one attached hydrogen (secondary N) is 1. The molecule has 0 aromatic heterocycles. The van der Waals surface area contributed by atoms with Crippen molar-refractivity contribution in [1.82, 2.24) is 5.32 Å². The molecule has 0 aliphatic carbocycles. The lowest BCUT2D eigenvalue weighted by Gasteiger charge is -2.32. The number of ether oxygens (including phenoxy) is 1. The van der Waals surface area contributed by atoms with Crippen LogP contribution in [0, 0.1) is 5.92 Å². The predicted octanol–water partition coefficient (Wildman–Crippen LogP) is 3.36. The zero-order valence-electron chi connectivity index (χ0n) is 11.2. The first-order valence-corrected chi connectivity index (χ1v) is 6.79. The summed E-state index contributed by atoms with van der Waals surface area (Å²) in [6.07, 6.45) is -0.664. The van der Waals surface area contributed by atoms with Crippen LogP contribution in [0.15, 0.2) is 0 Å². The minimum Gasteiger partial charge on any atom is -0.480 e. The fourth-order valence-electron chi connectivity index (χ4n) is 1.15. The number of carboxylic acids is 1. The number of carboxylic acid groups (broad SMARTS) is 1. The molecule has 112 valence electrons. The number of carbonyl (C=O) groups is 2. The topological polar surface area (TPSA) is 75.6 Å². The molecule has 0 fully saturated rings. The monoisotopic (exact) mass is 333 g/mol. The SMILES string of the molecule is CC(C)C[C@H](NC(=O)OC(C)(C)C(Cl)(Cl)Cl)C(=O)O. The number of alkyl halides is 3. The van der Waals surface area contributed by atoms with Crippen LogP contribution in [0.5, 0.6) is 0 Å². The van der Waals surface area contributed by atoms with Gasteiger partial charge in [-0.3, -0.25) is 0 Å². The lowest BCUT2D eigenvalue weighted by atomic mass is 10.0. The molecule has 2 N–H and O–H groups in total. The highest BCUT2D eigenvalue weighted by atomic mass is 35.6. The van der Waals surface area contributed by atoms with Crippen LogP contribution in [0.3, 0.4) is 0 Å². The van der Waals surface area contributed by atoms with E-state index in [-0.39, 0.29) is 12.3 Å². The number of alkyl carbamates (subject to hydrolysis) is 1. The number of halogens is 3. The van der Waals surface area contributed by atoms with E-state index in [1.807, 2.05) is 13.8 Å². The van der Waals surface area contributed by atoms with E-state index in [0.29, 0.717) is 0 Å². The van der Waals surface area contributed by atoms with E-state index in [2.05, 4.69) is 5.32 Å². The van der Waals surface area contributed by atoms with Crippen molar-refractivity contribution < 1.29 is 19.4 Å². The van der Waals surface area contributed by atoms with Gasteiger partial charge in [0.15, 0.2) is 5.60 Å². The highest BCUT2D eigenvalue weighted by Crippen LogP contribution is 2.40.